The summed E-state index contributed by atoms with van der Waals surface area (Å²) in [5, 5.41) is 25.7. The van der Waals surface area contributed by atoms with Crippen molar-refractivity contribution >= 4 is 11.4 Å². The maximum absolute atomic E-state index is 10.8. The number of nitro groups is 1. The highest BCUT2D eigenvalue weighted by Crippen LogP contribution is 2.65. The summed E-state index contributed by atoms with van der Waals surface area (Å²) in [6, 6.07) is 6.51. The van der Waals surface area contributed by atoms with Crippen molar-refractivity contribution in [3.63, 3.8) is 0 Å². The lowest BCUT2D eigenvalue weighted by Crippen LogP contribution is -2.54. The third-order valence-electron chi connectivity index (χ3n) is 9.93. The van der Waals surface area contributed by atoms with E-state index in [2.05, 4.69) is 19.0 Å². The van der Waals surface area contributed by atoms with Crippen LogP contribution in [0.4, 0.5) is 5.69 Å². The van der Waals surface area contributed by atoms with Crippen LogP contribution in [-0.4, -0.2) is 21.8 Å². The zero-order valence-corrected chi connectivity index (χ0v) is 19.3. The van der Waals surface area contributed by atoms with Crippen LogP contribution < -0.4 is 0 Å². The topological polar surface area (TPSA) is 85.0 Å². The molecule has 4 saturated carbocycles. The van der Waals surface area contributed by atoms with Crippen molar-refractivity contribution in [2.45, 2.75) is 84.3 Å². The normalized spacial score (nSPS) is 42.1. The van der Waals surface area contributed by atoms with Crippen molar-refractivity contribution in [3.05, 3.63) is 39.9 Å². The molecule has 174 valence electrons. The van der Waals surface area contributed by atoms with Crippen molar-refractivity contribution in [1.82, 2.24) is 0 Å². The maximum atomic E-state index is 10.8. The first kappa shape index (κ1) is 21.9. The quantitative estimate of drug-likeness (QED) is 0.469. The van der Waals surface area contributed by atoms with E-state index in [1.165, 1.54) is 56.4 Å². The minimum atomic E-state index is -0.385. The summed E-state index contributed by atoms with van der Waals surface area (Å²) in [5.41, 5.74) is 2.74. The average molecular weight is 441 g/mol. The first-order chi connectivity index (χ1) is 15.3. The highest BCUT2D eigenvalue weighted by molar-refractivity contribution is 5.92. The fourth-order valence-electron chi connectivity index (χ4n) is 8.07. The van der Waals surface area contributed by atoms with Crippen LogP contribution in [0, 0.1) is 44.6 Å². The third kappa shape index (κ3) is 3.55. The monoisotopic (exact) mass is 440 g/mol. The first-order valence-corrected chi connectivity index (χ1v) is 12.4. The molecule has 0 bridgehead atoms. The van der Waals surface area contributed by atoms with Crippen molar-refractivity contribution in [2.24, 2.45) is 39.7 Å². The number of rotatable bonds is 4. The average Bonchev–Trinajstić information content (AvgIpc) is 3.11. The maximum Gasteiger partial charge on any atom is 0.269 e. The van der Waals surface area contributed by atoms with Gasteiger partial charge in [-0.2, -0.15) is 0 Å². The van der Waals surface area contributed by atoms with Crippen LogP contribution in [0.15, 0.2) is 29.4 Å². The van der Waals surface area contributed by atoms with E-state index in [-0.39, 0.29) is 22.1 Å². The highest BCUT2D eigenvalue weighted by Gasteiger charge is 2.59. The second-order valence-corrected chi connectivity index (χ2v) is 11.3. The molecule has 0 spiro atoms. The van der Waals surface area contributed by atoms with Gasteiger partial charge in [0, 0.05) is 17.5 Å². The standard InChI is InChI=1S/C26H36N2O4/c1-25-13-11-20(29)15-18(25)5-8-21-22-9-10-24(26(22,2)14-12-23(21)25)27-32-16-17-3-6-19(7-4-17)28(30)31/h3-4,6-7,18,20-23,29H,5,8-16H2,1-2H3/b27-24-/t18-,20+,21+,22+,23+,25+,26+/m1/s1. The zero-order valence-electron chi connectivity index (χ0n) is 19.3. The minimum absolute atomic E-state index is 0.0865. The van der Waals surface area contributed by atoms with Gasteiger partial charge in [0.05, 0.1) is 16.7 Å². The van der Waals surface area contributed by atoms with Gasteiger partial charge in [-0.15, -0.1) is 0 Å². The molecule has 0 unspecified atom stereocenters. The van der Waals surface area contributed by atoms with E-state index in [0.29, 0.717) is 23.9 Å². The molecule has 0 heterocycles. The molecule has 6 heteroatoms. The van der Waals surface area contributed by atoms with Gasteiger partial charge in [-0.3, -0.25) is 10.1 Å². The van der Waals surface area contributed by atoms with E-state index < -0.39 is 0 Å². The Bertz CT molecular complexity index is 900. The van der Waals surface area contributed by atoms with Gasteiger partial charge in [-0.05, 0) is 105 Å². The Morgan fingerprint density at radius 2 is 1.88 bits per heavy atom. The molecule has 4 aliphatic carbocycles. The van der Waals surface area contributed by atoms with Gasteiger partial charge in [0.25, 0.3) is 5.69 Å². The highest BCUT2D eigenvalue weighted by atomic mass is 16.6. The summed E-state index contributed by atoms with van der Waals surface area (Å²) in [7, 11) is 0. The number of hydrogen-bond donors (Lipinski definition) is 1. The van der Waals surface area contributed by atoms with E-state index in [4.69, 9.17) is 4.84 Å². The predicted octanol–water partition coefficient (Wildman–Crippen LogP) is 5.87. The van der Waals surface area contributed by atoms with Crippen LogP contribution in [0.25, 0.3) is 0 Å². The molecule has 7 atom stereocenters. The molecule has 1 aromatic carbocycles. The van der Waals surface area contributed by atoms with Crippen molar-refractivity contribution in [3.8, 4) is 0 Å². The van der Waals surface area contributed by atoms with E-state index in [1.807, 2.05) is 0 Å². The summed E-state index contributed by atoms with van der Waals surface area (Å²) in [4.78, 5) is 16.2. The van der Waals surface area contributed by atoms with Crippen molar-refractivity contribution in [2.75, 3.05) is 0 Å². The van der Waals surface area contributed by atoms with Crippen LogP contribution in [0.3, 0.4) is 0 Å². The summed E-state index contributed by atoms with van der Waals surface area (Å²) >= 11 is 0. The molecule has 0 radical (unpaired) electrons. The molecule has 0 aromatic heterocycles. The van der Waals surface area contributed by atoms with Gasteiger partial charge >= 0.3 is 0 Å². The first-order valence-electron chi connectivity index (χ1n) is 12.4. The Morgan fingerprint density at radius 1 is 1.09 bits per heavy atom. The lowest BCUT2D eigenvalue weighted by molar-refractivity contribution is -0.384. The molecule has 1 aromatic rings. The van der Waals surface area contributed by atoms with Gasteiger partial charge in [-0.1, -0.05) is 19.0 Å². The number of fused-ring (bicyclic) bond motifs is 5. The SMILES string of the molecule is C[C@]12CC[C@H](O)C[C@H]1CC[C@@H]1[C@@H]2CC[C@]2(C)/C(=N\OCc3ccc([N+](=O)[O-])cc3)CC[C@@H]12. The molecule has 0 amide bonds. The number of aliphatic hydroxyl groups excluding tert-OH is 1. The van der Waals surface area contributed by atoms with Crippen LogP contribution in [0.5, 0.6) is 0 Å². The van der Waals surface area contributed by atoms with Crippen LogP contribution in [0.1, 0.15) is 77.2 Å². The van der Waals surface area contributed by atoms with Gasteiger partial charge in [0.15, 0.2) is 0 Å². The molecule has 32 heavy (non-hydrogen) atoms. The lowest BCUT2D eigenvalue weighted by Gasteiger charge is -2.60. The molecule has 5 rings (SSSR count). The molecule has 4 aliphatic rings. The number of aliphatic hydroxyl groups is 1. The molecular formula is C26H36N2O4. The predicted molar refractivity (Wildman–Crippen MR) is 123 cm³/mol. The van der Waals surface area contributed by atoms with Crippen LogP contribution in [-0.2, 0) is 11.4 Å². The zero-order chi connectivity index (χ0) is 22.5. The third-order valence-corrected chi connectivity index (χ3v) is 9.93. The fourth-order valence-corrected chi connectivity index (χ4v) is 8.07. The van der Waals surface area contributed by atoms with Gasteiger partial charge < -0.3 is 9.94 Å². The molecule has 6 nitrogen and oxygen atoms in total. The smallest absolute Gasteiger partial charge is 0.269 e. The second-order valence-electron chi connectivity index (χ2n) is 11.3. The number of nitro benzene ring substituents is 1. The summed E-state index contributed by atoms with van der Waals surface area (Å²) in [5.74, 6) is 2.93. The van der Waals surface area contributed by atoms with E-state index >= 15 is 0 Å². The van der Waals surface area contributed by atoms with Gasteiger partial charge in [0.1, 0.15) is 6.61 Å². The molecular weight excluding hydrogens is 404 g/mol. The Morgan fingerprint density at radius 3 is 2.62 bits per heavy atom. The van der Waals surface area contributed by atoms with Crippen molar-refractivity contribution < 1.29 is 14.9 Å². The molecule has 0 aliphatic heterocycles. The fraction of sp³-hybridized carbons (Fsp3) is 0.731. The Kier molecular flexibility index (Phi) is 5.55. The van der Waals surface area contributed by atoms with Gasteiger partial charge in [0.2, 0.25) is 0 Å². The van der Waals surface area contributed by atoms with Crippen LogP contribution in [0.2, 0.25) is 0 Å². The molecule has 4 fully saturated rings. The number of oxime groups is 1. The summed E-state index contributed by atoms with van der Waals surface area (Å²) in [6.45, 7) is 5.28. The largest absolute Gasteiger partial charge is 0.393 e. The van der Waals surface area contributed by atoms with Gasteiger partial charge in [-0.25, -0.2) is 0 Å². The van der Waals surface area contributed by atoms with E-state index in [9.17, 15) is 15.2 Å². The van der Waals surface area contributed by atoms with Crippen LogP contribution >= 0.6 is 0 Å². The molecule has 0 saturated heterocycles. The summed E-state index contributed by atoms with van der Waals surface area (Å²) < 4.78 is 0. The second kappa shape index (κ2) is 8.12. The van der Waals surface area contributed by atoms with Crippen molar-refractivity contribution in [1.29, 1.82) is 0 Å². The van der Waals surface area contributed by atoms with E-state index in [0.717, 1.165) is 36.7 Å². The number of nitrogens with zero attached hydrogens (tertiary/aromatic N) is 2. The lowest BCUT2D eigenvalue weighted by atomic mass is 9.45. The number of benzene rings is 1. The summed E-state index contributed by atoms with van der Waals surface area (Å²) in [6.07, 6.45) is 10.3. The van der Waals surface area contributed by atoms with E-state index in [1.54, 1.807) is 12.1 Å². The minimum Gasteiger partial charge on any atom is -0.393 e. The Hall–Kier alpha value is -1.95. The number of hydrogen-bond acceptors (Lipinski definition) is 5. The number of non-ortho nitro benzene ring substituents is 1. The Labute approximate surface area is 190 Å². The molecule has 1 N–H and O–H groups in total. The Balaban J connectivity index is 1.27.